The highest BCUT2D eigenvalue weighted by molar-refractivity contribution is 5.96. The van der Waals surface area contributed by atoms with Crippen LogP contribution in [0, 0.1) is 19.8 Å². The predicted octanol–water partition coefficient (Wildman–Crippen LogP) is 2.00. The fourth-order valence-electron chi connectivity index (χ4n) is 2.68. The molecular weight excluding hydrogens is 212 g/mol. The Labute approximate surface area is 103 Å². The molecule has 3 nitrogen and oxygen atoms in total. The number of hydrogen-bond acceptors (Lipinski definition) is 2. The number of carbonyl (C=O) groups excluding carboxylic acids is 1. The highest BCUT2D eigenvalue weighted by atomic mass is 16.2. The van der Waals surface area contributed by atoms with E-state index >= 15 is 0 Å². The highest BCUT2D eigenvalue weighted by Gasteiger charge is 2.36. The maximum absolute atomic E-state index is 12.0. The van der Waals surface area contributed by atoms with Gasteiger partial charge in [0, 0.05) is 24.1 Å². The molecule has 3 heteroatoms. The van der Waals surface area contributed by atoms with Crippen LogP contribution in [0.5, 0.6) is 0 Å². The molecule has 0 saturated carbocycles. The summed E-state index contributed by atoms with van der Waals surface area (Å²) in [4.78, 5) is 13.9. The molecule has 1 amide bonds. The van der Waals surface area contributed by atoms with E-state index in [4.69, 9.17) is 5.73 Å². The Morgan fingerprint density at radius 1 is 1.29 bits per heavy atom. The highest BCUT2D eigenvalue weighted by Crippen LogP contribution is 2.31. The lowest BCUT2D eigenvalue weighted by Crippen LogP contribution is -2.34. The number of rotatable bonds is 2. The van der Waals surface area contributed by atoms with Crippen LogP contribution in [0.15, 0.2) is 18.2 Å². The molecule has 1 aliphatic heterocycles. The Balaban J connectivity index is 2.36. The number of carbonyl (C=O) groups is 1. The first kappa shape index (κ1) is 12.1. The Hall–Kier alpha value is -1.35. The van der Waals surface area contributed by atoms with Gasteiger partial charge in [-0.1, -0.05) is 6.07 Å². The maximum Gasteiger partial charge on any atom is 0.227 e. The van der Waals surface area contributed by atoms with Gasteiger partial charge in [0.25, 0.3) is 0 Å². The number of nitrogens with zero attached hydrogens (tertiary/aromatic N) is 1. The second kappa shape index (κ2) is 4.49. The van der Waals surface area contributed by atoms with Gasteiger partial charge >= 0.3 is 0 Å². The number of aryl methyl sites for hydroxylation is 2. The lowest BCUT2D eigenvalue weighted by atomic mass is 10.0. The molecule has 2 unspecified atom stereocenters. The summed E-state index contributed by atoms with van der Waals surface area (Å²) in [7, 11) is 0. The zero-order valence-electron chi connectivity index (χ0n) is 10.7. The first-order chi connectivity index (χ1) is 8.02. The van der Waals surface area contributed by atoms with Crippen molar-refractivity contribution in [2.24, 2.45) is 11.7 Å². The number of anilines is 1. The van der Waals surface area contributed by atoms with Crippen molar-refractivity contribution in [1.82, 2.24) is 0 Å². The molecule has 0 aliphatic carbocycles. The van der Waals surface area contributed by atoms with E-state index in [1.165, 1.54) is 11.1 Å². The topological polar surface area (TPSA) is 46.3 Å². The van der Waals surface area contributed by atoms with Gasteiger partial charge in [-0.15, -0.1) is 0 Å². The van der Waals surface area contributed by atoms with Crippen molar-refractivity contribution in [2.75, 3.05) is 11.4 Å². The zero-order valence-corrected chi connectivity index (χ0v) is 10.7. The standard InChI is InChI=1S/C14H20N2O/c1-9-4-10(2)6-13(5-9)16-11(3)12(8-15)7-14(16)17/h4-6,11-12H,7-8,15H2,1-3H3. The molecule has 1 aromatic carbocycles. The molecule has 2 N–H and O–H groups in total. The van der Waals surface area contributed by atoms with E-state index in [0.717, 1.165) is 5.69 Å². The molecule has 1 aliphatic rings. The minimum absolute atomic E-state index is 0.193. The first-order valence-electron chi connectivity index (χ1n) is 6.13. The van der Waals surface area contributed by atoms with Crippen LogP contribution in [-0.2, 0) is 4.79 Å². The average molecular weight is 232 g/mol. The van der Waals surface area contributed by atoms with E-state index in [-0.39, 0.29) is 17.9 Å². The number of benzene rings is 1. The van der Waals surface area contributed by atoms with E-state index in [1.807, 2.05) is 4.90 Å². The summed E-state index contributed by atoms with van der Waals surface area (Å²) in [6, 6.07) is 6.46. The van der Waals surface area contributed by atoms with Crippen molar-refractivity contribution in [1.29, 1.82) is 0 Å². The van der Waals surface area contributed by atoms with Crippen LogP contribution in [0.25, 0.3) is 0 Å². The largest absolute Gasteiger partial charge is 0.330 e. The molecular formula is C14H20N2O. The summed E-state index contributed by atoms with van der Waals surface area (Å²) >= 11 is 0. The summed E-state index contributed by atoms with van der Waals surface area (Å²) in [5, 5.41) is 0. The van der Waals surface area contributed by atoms with E-state index in [9.17, 15) is 4.79 Å². The van der Waals surface area contributed by atoms with Crippen molar-refractivity contribution in [3.05, 3.63) is 29.3 Å². The van der Waals surface area contributed by atoms with Crippen LogP contribution in [0.2, 0.25) is 0 Å². The van der Waals surface area contributed by atoms with E-state index < -0.39 is 0 Å². The maximum atomic E-state index is 12.0. The van der Waals surface area contributed by atoms with E-state index in [1.54, 1.807) is 0 Å². The fraction of sp³-hybridized carbons (Fsp3) is 0.500. The Bertz CT molecular complexity index is 422. The van der Waals surface area contributed by atoms with Gasteiger partial charge in [0.1, 0.15) is 0 Å². The zero-order chi connectivity index (χ0) is 12.6. The summed E-state index contributed by atoms with van der Waals surface area (Å²) in [6.07, 6.45) is 0.574. The Morgan fingerprint density at radius 2 is 1.88 bits per heavy atom. The minimum Gasteiger partial charge on any atom is -0.330 e. The molecule has 0 radical (unpaired) electrons. The number of hydrogen-bond donors (Lipinski definition) is 1. The van der Waals surface area contributed by atoms with Crippen LogP contribution in [-0.4, -0.2) is 18.5 Å². The van der Waals surface area contributed by atoms with Crippen molar-refractivity contribution in [2.45, 2.75) is 33.2 Å². The van der Waals surface area contributed by atoms with Crippen LogP contribution in [0.3, 0.4) is 0 Å². The second-order valence-corrected chi connectivity index (χ2v) is 5.05. The van der Waals surface area contributed by atoms with Crippen molar-refractivity contribution in [3.63, 3.8) is 0 Å². The SMILES string of the molecule is Cc1cc(C)cc(N2C(=O)CC(CN)C2C)c1. The van der Waals surface area contributed by atoms with Crippen molar-refractivity contribution < 1.29 is 4.79 Å². The molecule has 17 heavy (non-hydrogen) atoms. The molecule has 0 spiro atoms. The van der Waals surface area contributed by atoms with E-state index in [0.29, 0.717) is 13.0 Å². The van der Waals surface area contributed by atoms with Crippen molar-refractivity contribution in [3.8, 4) is 0 Å². The molecule has 1 saturated heterocycles. The Morgan fingerprint density at radius 3 is 2.35 bits per heavy atom. The van der Waals surface area contributed by atoms with Gasteiger partial charge < -0.3 is 10.6 Å². The first-order valence-corrected chi connectivity index (χ1v) is 6.13. The monoisotopic (exact) mass is 232 g/mol. The number of amides is 1. The third kappa shape index (κ3) is 2.20. The average Bonchev–Trinajstić information content (AvgIpc) is 2.52. The van der Waals surface area contributed by atoms with Crippen LogP contribution < -0.4 is 10.6 Å². The van der Waals surface area contributed by atoms with Gasteiger partial charge in [-0.3, -0.25) is 4.79 Å². The summed E-state index contributed by atoms with van der Waals surface area (Å²) in [6.45, 7) is 6.78. The molecule has 2 atom stereocenters. The summed E-state index contributed by atoms with van der Waals surface area (Å²) in [5.74, 6) is 0.473. The molecule has 0 bridgehead atoms. The third-order valence-electron chi connectivity index (χ3n) is 3.58. The molecule has 92 valence electrons. The molecule has 1 aromatic rings. The lowest BCUT2D eigenvalue weighted by molar-refractivity contribution is -0.117. The molecule has 0 aromatic heterocycles. The van der Waals surface area contributed by atoms with Gasteiger partial charge in [-0.2, -0.15) is 0 Å². The number of nitrogens with two attached hydrogens (primary N) is 1. The normalized spacial score (nSPS) is 24.5. The smallest absolute Gasteiger partial charge is 0.227 e. The van der Waals surface area contributed by atoms with Crippen LogP contribution in [0.4, 0.5) is 5.69 Å². The predicted molar refractivity (Wildman–Crippen MR) is 70.0 cm³/mol. The fourth-order valence-corrected chi connectivity index (χ4v) is 2.68. The molecule has 1 fully saturated rings. The lowest BCUT2D eigenvalue weighted by Gasteiger charge is -2.25. The summed E-state index contributed by atoms with van der Waals surface area (Å²) < 4.78 is 0. The van der Waals surface area contributed by atoms with Gasteiger partial charge in [-0.25, -0.2) is 0 Å². The van der Waals surface area contributed by atoms with Gasteiger partial charge in [0.2, 0.25) is 5.91 Å². The summed E-state index contributed by atoms with van der Waals surface area (Å²) in [5.41, 5.74) is 9.10. The third-order valence-corrected chi connectivity index (χ3v) is 3.58. The van der Waals surface area contributed by atoms with Crippen molar-refractivity contribution >= 4 is 11.6 Å². The molecule has 1 heterocycles. The van der Waals surface area contributed by atoms with Gasteiger partial charge in [0.15, 0.2) is 0 Å². The van der Waals surface area contributed by atoms with E-state index in [2.05, 4.69) is 39.0 Å². The van der Waals surface area contributed by atoms with Crippen LogP contribution in [0.1, 0.15) is 24.5 Å². The Kier molecular flexibility index (Phi) is 3.20. The minimum atomic E-state index is 0.193. The quantitative estimate of drug-likeness (QED) is 0.847. The van der Waals surface area contributed by atoms with Gasteiger partial charge in [-0.05, 0) is 50.6 Å². The van der Waals surface area contributed by atoms with Gasteiger partial charge in [0.05, 0.1) is 0 Å². The second-order valence-electron chi connectivity index (χ2n) is 5.05. The molecule has 2 rings (SSSR count). The van der Waals surface area contributed by atoms with Crippen LogP contribution >= 0.6 is 0 Å².